The molecule has 0 radical (unpaired) electrons. The van der Waals surface area contributed by atoms with Gasteiger partial charge < -0.3 is 5.73 Å². The minimum atomic E-state index is -0.807. The Balaban J connectivity index is 2.51. The Labute approximate surface area is 107 Å². The lowest BCUT2D eigenvalue weighted by Crippen LogP contribution is -2.44. The smallest absolute Gasteiger partial charge is 0.183 e. The lowest BCUT2D eigenvalue weighted by atomic mass is 9.86. The number of aromatic nitrogens is 1. The van der Waals surface area contributed by atoms with Crippen molar-refractivity contribution < 1.29 is 4.79 Å². The van der Waals surface area contributed by atoms with Crippen molar-refractivity contribution in [1.82, 2.24) is 4.98 Å². The second kappa shape index (κ2) is 4.86. The summed E-state index contributed by atoms with van der Waals surface area (Å²) < 4.78 is 0. The summed E-state index contributed by atoms with van der Waals surface area (Å²) in [5.74, 6) is -0.0112. The van der Waals surface area contributed by atoms with E-state index in [1.807, 2.05) is 37.3 Å². The maximum absolute atomic E-state index is 12.5. The number of benzene rings is 1. The van der Waals surface area contributed by atoms with Gasteiger partial charge in [-0.1, -0.05) is 31.5 Å². The second-order valence-electron chi connectivity index (χ2n) is 4.87. The van der Waals surface area contributed by atoms with E-state index in [9.17, 15) is 4.79 Å². The van der Waals surface area contributed by atoms with E-state index in [-0.39, 0.29) is 5.78 Å². The molecule has 0 aliphatic heterocycles. The molecule has 1 unspecified atom stereocenters. The summed E-state index contributed by atoms with van der Waals surface area (Å²) >= 11 is 0. The van der Waals surface area contributed by atoms with Gasteiger partial charge in [-0.2, -0.15) is 0 Å². The fourth-order valence-corrected chi connectivity index (χ4v) is 2.24. The summed E-state index contributed by atoms with van der Waals surface area (Å²) in [7, 11) is 0. The van der Waals surface area contributed by atoms with Crippen LogP contribution >= 0.6 is 0 Å². The molecule has 1 heterocycles. The molecule has 2 N–H and O–H groups in total. The van der Waals surface area contributed by atoms with Crippen LogP contribution in [0.2, 0.25) is 0 Å². The highest BCUT2D eigenvalue weighted by molar-refractivity contribution is 6.11. The third-order valence-corrected chi connectivity index (χ3v) is 3.18. The fraction of sp³-hybridized carbons (Fsp3) is 0.333. The monoisotopic (exact) mass is 242 g/mol. The molecule has 2 rings (SSSR count). The van der Waals surface area contributed by atoms with Crippen molar-refractivity contribution in [2.45, 2.75) is 32.2 Å². The van der Waals surface area contributed by atoms with E-state index in [1.165, 1.54) is 0 Å². The topological polar surface area (TPSA) is 56.0 Å². The molecule has 94 valence electrons. The van der Waals surface area contributed by atoms with Gasteiger partial charge in [-0.3, -0.25) is 9.78 Å². The molecule has 0 fully saturated rings. The Morgan fingerprint density at radius 1 is 1.33 bits per heavy atom. The van der Waals surface area contributed by atoms with Crippen molar-refractivity contribution in [3.8, 4) is 0 Å². The maximum Gasteiger partial charge on any atom is 0.183 e. The average Bonchev–Trinajstić information content (AvgIpc) is 2.37. The number of ketones is 1. The Bertz CT molecular complexity index is 570. The maximum atomic E-state index is 12.5. The van der Waals surface area contributed by atoms with Crippen molar-refractivity contribution in [2.24, 2.45) is 5.73 Å². The molecule has 0 spiro atoms. The Morgan fingerprint density at radius 2 is 2.11 bits per heavy atom. The zero-order chi connectivity index (χ0) is 13.2. The molecule has 0 aliphatic rings. The molecular weight excluding hydrogens is 224 g/mol. The van der Waals surface area contributed by atoms with Crippen LogP contribution in [0.25, 0.3) is 10.9 Å². The van der Waals surface area contributed by atoms with Crippen LogP contribution in [0.3, 0.4) is 0 Å². The number of hydrogen-bond donors (Lipinski definition) is 1. The van der Waals surface area contributed by atoms with Gasteiger partial charge in [0.15, 0.2) is 5.78 Å². The number of carbonyl (C=O) groups excluding carboxylic acids is 1. The minimum Gasteiger partial charge on any atom is -0.319 e. The summed E-state index contributed by atoms with van der Waals surface area (Å²) in [4.78, 5) is 16.8. The molecule has 3 heteroatoms. The van der Waals surface area contributed by atoms with Gasteiger partial charge in [0.25, 0.3) is 0 Å². The van der Waals surface area contributed by atoms with E-state index in [1.54, 1.807) is 13.1 Å². The first-order valence-electron chi connectivity index (χ1n) is 6.23. The van der Waals surface area contributed by atoms with E-state index in [4.69, 9.17) is 5.73 Å². The predicted octanol–water partition coefficient (Wildman–Crippen LogP) is 2.94. The van der Waals surface area contributed by atoms with E-state index >= 15 is 0 Å². The number of hydrogen-bond acceptors (Lipinski definition) is 3. The van der Waals surface area contributed by atoms with E-state index < -0.39 is 5.54 Å². The lowest BCUT2D eigenvalue weighted by molar-refractivity contribution is 0.0895. The normalized spacial score (nSPS) is 14.4. The van der Waals surface area contributed by atoms with Crippen LogP contribution in [0.4, 0.5) is 0 Å². The molecule has 2 aromatic rings. The van der Waals surface area contributed by atoms with Crippen LogP contribution in [0, 0.1) is 0 Å². The molecule has 1 atom stereocenters. The average molecular weight is 242 g/mol. The number of rotatable bonds is 4. The van der Waals surface area contributed by atoms with E-state index in [2.05, 4.69) is 4.98 Å². The Kier molecular flexibility index (Phi) is 3.43. The SMILES string of the molecule is CCCC(C)(N)C(=O)c1cccc2ncccc12. The first kappa shape index (κ1) is 12.7. The van der Waals surface area contributed by atoms with E-state index in [0.29, 0.717) is 12.0 Å². The van der Waals surface area contributed by atoms with E-state index in [0.717, 1.165) is 17.3 Å². The summed E-state index contributed by atoms with van der Waals surface area (Å²) in [6.07, 6.45) is 3.30. The fourth-order valence-electron chi connectivity index (χ4n) is 2.24. The first-order valence-corrected chi connectivity index (χ1v) is 6.23. The van der Waals surface area contributed by atoms with Gasteiger partial charge in [0.1, 0.15) is 0 Å². The number of carbonyl (C=O) groups is 1. The third kappa shape index (κ3) is 2.27. The van der Waals surface area contributed by atoms with Crippen molar-refractivity contribution in [1.29, 1.82) is 0 Å². The standard InChI is InChI=1S/C15H18N2O/c1-3-9-15(2,16)14(18)12-6-4-8-13-11(12)7-5-10-17-13/h4-8,10H,3,9,16H2,1-2H3. The Hall–Kier alpha value is -1.74. The summed E-state index contributed by atoms with van der Waals surface area (Å²) in [6, 6.07) is 9.34. The lowest BCUT2D eigenvalue weighted by Gasteiger charge is -2.23. The third-order valence-electron chi connectivity index (χ3n) is 3.18. The van der Waals surface area contributed by atoms with Gasteiger partial charge in [-0.05, 0) is 25.5 Å². The van der Waals surface area contributed by atoms with Crippen LogP contribution in [0.1, 0.15) is 37.0 Å². The number of Topliss-reactive ketones (excluding diaryl/α,β-unsaturated/α-hetero) is 1. The van der Waals surface area contributed by atoms with Crippen LogP contribution in [0.15, 0.2) is 36.5 Å². The van der Waals surface area contributed by atoms with Crippen molar-refractivity contribution in [3.05, 3.63) is 42.1 Å². The molecule has 0 bridgehead atoms. The van der Waals surface area contributed by atoms with Crippen molar-refractivity contribution >= 4 is 16.7 Å². The van der Waals surface area contributed by atoms with Crippen molar-refractivity contribution in [3.63, 3.8) is 0 Å². The number of fused-ring (bicyclic) bond motifs is 1. The number of nitrogens with two attached hydrogens (primary N) is 1. The minimum absolute atomic E-state index is 0.0112. The molecule has 0 amide bonds. The number of pyridine rings is 1. The molecule has 0 saturated carbocycles. The van der Waals surface area contributed by atoms with Gasteiger partial charge >= 0.3 is 0 Å². The zero-order valence-electron chi connectivity index (χ0n) is 10.8. The van der Waals surface area contributed by atoms with Gasteiger partial charge in [0.05, 0.1) is 11.1 Å². The van der Waals surface area contributed by atoms with Crippen LogP contribution in [-0.2, 0) is 0 Å². The van der Waals surface area contributed by atoms with Gasteiger partial charge in [0.2, 0.25) is 0 Å². The molecule has 0 saturated heterocycles. The van der Waals surface area contributed by atoms with Crippen molar-refractivity contribution in [2.75, 3.05) is 0 Å². The summed E-state index contributed by atoms with van der Waals surface area (Å²) in [5.41, 5.74) is 6.81. The summed E-state index contributed by atoms with van der Waals surface area (Å²) in [5, 5.41) is 0.873. The highest BCUT2D eigenvalue weighted by Crippen LogP contribution is 2.22. The predicted molar refractivity (Wildman–Crippen MR) is 73.6 cm³/mol. The van der Waals surface area contributed by atoms with Gasteiger partial charge in [0, 0.05) is 17.1 Å². The highest BCUT2D eigenvalue weighted by atomic mass is 16.1. The quantitative estimate of drug-likeness (QED) is 0.839. The molecular formula is C15H18N2O. The molecule has 1 aromatic carbocycles. The summed E-state index contributed by atoms with van der Waals surface area (Å²) in [6.45, 7) is 3.83. The van der Waals surface area contributed by atoms with Crippen LogP contribution < -0.4 is 5.73 Å². The molecule has 0 aliphatic carbocycles. The molecule has 1 aromatic heterocycles. The second-order valence-corrected chi connectivity index (χ2v) is 4.87. The van der Waals surface area contributed by atoms with Crippen LogP contribution in [0.5, 0.6) is 0 Å². The largest absolute Gasteiger partial charge is 0.319 e. The van der Waals surface area contributed by atoms with Gasteiger partial charge in [-0.15, -0.1) is 0 Å². The van der Waals surface area contributed by atoms with Crippen LogP contribution in [-0.4, -0.2) is 16.3 Å². The first-order chi connectivity index (χ1) is 8.56. The Morgan fingerprint density at radius 3 is 2.83 bits per heavy atom. The molecule has 3 nitrogen and oxygen atoms in total. The molecule has 18 heavy (non-hydrogen) atoms. The number of nitrogens with zero attached hydrogens (tertiary/aromatic N) is 1. The van der Waals surface area contributed by atoms with Gasteiger partial charge in [-0.25, -0.2) is 0 Å². The zero-order valence-corrected chi connectivity index (χ0v) is 10.8. The highest BCUT2D eigenvalue weighted by Gasteiger charge is 2.29.